The van der Waals surface area contributed by atoms with E-state index in [1.807, 2.05) is 17.8 Å². The van der Waals surface area contributed by atoms with Crippen LogP contribution in [0.2, 0.25) is 0 Å². The van der Waals surface area contributed by atoms with Gasteiger partial charge in [0.2, 0.25) is 0 Å². The normalized spacial score (nSPS) is 11.0. The second-order valence-corrected chi connectivity index (χ2v) is 3.66. The van der Waals surface area contributed by atoms with Gasteiger partial charge >= 0.3 is 5.65 Å². The highest BCUT2D eigenvalue weighted by Crippen LogP contribution is 2.14. The fraction of sp³-hybridized carbons (Fsp3) is 0.250. The maximum atomic E-state index is 9.02. The molecule has 0 saturated carbocycles. The van der Waals surface area contributed by atoms with Gasteiger partial charge in [0.15, 0.2) is 5.52 Å². The molecule has 2 heterocycles. The lowest BCUT2D eigenvalue weighted by molar-refractivity contribution is -0.647. The van der Waals surface area contributed by atoms with E-state index in [0.717, 1.165) is 21.3 Å². The summed E-state index contributed by atoms with van der Waals surface area (Å²) in [4.78, 5) is 7.33. The number of H-pyrrole nitrogens is 1. The van der Waals surface area contributed by atoms with E-state index in [1.54, 1.807) is 6.20 Å². The molecule has 0 atom stereocenters. The summed E-state index contributed by atoms with van der Waals surface area (Å²) >= 11 is 3.30. The van der Waals surface area contributed by atoms with E-state index in [2.05, 4.69) is 25.9 Å². The summed E-state index contributed by atoms with van der Waals surface area (Å²) in [5.41, 5.74) is 2.53. The summed E-state index contributed by atoms with van der Waals surface area (Å²) in [5, 5.41) is 9.02. The Labute approximate surface area is 83.4 Å². The molecule has 0 fully saturated rings. The number of halogens is 1. The molecule has 2 aromatic heterocycles. The Morgan fingerprint density at radius 3 is 3.15 bits per heavy atom. The van der Waals surface area contributed by atoms with Gasteiger partial charge in [0.05, 0.1) is 25.4 Å². The summed E-state index contributed by atoms with van der Waals surface area (Å²) in [6.45, 7) is 0.00343. The number of rotatable bonds is 1. The van der Waals surface area contributed by atoms with Crippen LogP contribution in [0.15, 0.2) is 17.0 Å². The average Bonchev–Trinajstić information content (AvgIpc) is 2.47. The molecule has 2 aromatic rings. The Kier molecular flexibility index (Phi) is 2.05. The van der Waals surface area contributed by atoms with Gasteiger partial charge in [-0.05, 0) is 15.9 Å². The number of aromatic nitrogens is 3. The molecule has 0 spiro atoms. The van der Waals surface area contributed by atoms with Crippen molar-refractivity contribution in [3.8, 4) is 0 Å². The summed E-state index contributed by atoms with van der Waals surface area (Å²) in [6, 6.07) is 0. The number of aliphatic hydroxyl groups excluding tert-OH is 1. The fourth-order valence-electron chi connectivity index (χ4n) is 1.32. The number of hydrogen-bond donors (Lipinski definition) is 2. The fourth-order valence-corrected chi connectivity index (χ4v) is 1.80. The molecule has 0 aromatic carbocycles. The molecule has 0 aliphatic carbocycles. The Hall–Kier alpha value is -0.940. The Morgan fingerprint density at radius 1 is 1.69 bits per heavy atom. The lowest BCUT2D eigenvalue weighted by Crippen LogP contribution is -2.29. The molecule has 0 aliphatic heterocycles. The van der Waals surface area contributed by atoms with Gasteiger partial charge in [0.1, 0.15) is 10.8 Å². The maximum Gasteiger partial charge on any atom is 0.305 e. The maximum absolute atomic E-state index is 9.02. The number of aliphatic hydroxyl groups is 1. The van der Waals surface area contributed by atoms with E-state index >= 15 is 0 Å². The molecule has 4 nitrogen and oxygen atoms in total. The van der Waals surface area contributed by atoms with Crippen molar-refractivity contribution in [3.63, 3.8) is 0 Å². The highest BCUT2D eigenvalue weighted by molar-refractivity contribution is 9.10. The van der Waals surface area contributed by atoms with Crippen molar-refractivity contribution >= 4 is 27.1 Å². The van der Waals surface area contributed by atoms with Crippen molar-refractivity contribution in [1.29, 1.82) is 0 Å². The van der Waals surface area contributed by atoms with Gasteiger partial charge in [-0.15, -0.1) is 0 Å². The van der Waals surface area contributed by atoms with Crippen LogP contribution in [0.25, 0.3) is 11.2 Å². The zero-order valence-corrected chi connectivity index (χ0v) is 8.67. The van der Waals surface area contributed by atoms with Crippen LogP contribution in [0.5, 0.6) is 0 Å². The summed E-state index contributed by atoms with van der Waals surface area (Å²) in [7, 11) is 1.92. The van der Waals surface area contributed by atoms with Gasteiger partial charge in [-0.3, -0.25) is 0 Å². The predicted octanol–water partition coefficient (Wildman–Crippen LogP) is 0.642. The van der Waals surface area contributed by atoms with Crippen LogP contribution in [-0.2, 0) is 13.7 Å². The summed E-state index contributed by atoms with van der Waals surface area (Å²) < 4.78 is 2.68. The van der Waals surface area contributed by atoms with Crippen molar-refractivity contribution in [1.82, 2.24) is 9.97 Å². The SMILES string of the molecule is C[n+]1cc(Br)nc2c(CO)c[nH]c21. The average molecular weight is 243 g/mol. The molecule has 0 radical (unpaired) electrons. The number of hydrogen-bond acceptors (Lipinski definition) is 2. The van der Waals surface area contributed by atoms with Crippen LogP contribution in [0, 0.1) is 0 Å². The minimum atomic E-state index is 0.00343. The Morgan fingerprint density at radius 2 is 2.46 bits per heavy atom. The lowest BCUT2D eigenvalue weighted by Gasteiger charge is -1.94. The van der Waals surface area contributed by atoms with Crippen LogP contribution in [-0.4, -0.2) is 15.1 Å². The molecule has 0 unspecified atom stereocenters. The molecule has 0 aliphatic rings. The van der Waals surface area contributed by atoms with E-state index in [9.17, 15) is 0 Å². The van der Waals surface area contributed by atoms with E-state index in [1.165, 1.54) is 0 Å². The third-order valence-corrected chi connectivity index (χ3v) is 2.34. The third-order valence-electron chi connectivity index (χ3n) is 1.95. The predicted molar refractivity (Wildman–Crippen MR) is 50.9 cm³/mol. The first-order valence-electron chi connectivity index (χ1n) is 3.85. The van der Waals surface area contributed by atoms with E-state index in [0.29, 0.717) is 0 Å². The van der Waals surface area contributed by atoms with Gasteiger partial charge in [-0.25, -0.2) is 14.5 Å². The van der Waals surface area contributed by atoms with E-state index < -0.39 is 0 Å². The summed E-state index contributed by atoms with van der Waals surface area (Å²) in [5.74, 6) is 0. The zero-order chi connectivity index (χ0) is 9.42. The van der Waals surface area contributed by atoms with E-state index in [4.69, 9.17) is 5.11 Å². The number of aryl methyl sites for hydroxylation is 1. The molecule has 0 bridgehead atoms. The number of aromatic amines is 1. The summed E-state index contributed by atoms with van der Waals surface area (Å²) in [6.07, 6.45) is 3.63. The van der Waals surface area contributed by atoms with Crippen molar-refractivity contribution in [2.45, 2.75) is 6.61 Å². The Balaban J connectivity index is 2.82. The second kappa shape index (κ2) is 3.08. The van der Waals surface area contributed by atoms with E-state index in [-0.39, 0.29) is 6.61 Å². The second-order valence-electron chi connectivity index (χ2n) is 2.84. The minimum Gasteiger partial charge on any atom is -0.391 e. The molecule has 0 saturated heterocycles. The lowest BCUT2D eigenvalue weighted by atomic mass is 10.3. The van der Waals surface area contributed by atoms with Gasteiger partial charge in [-0.1, -0.05) is 0 Å². The van der Waals surface area contributed by atoms with Crippen molar-refractivity contribution in [2.24, 2.45) is 7.05 Å². The van der Waals surface area contributed by atoms with Gasteiger partial charge in [0.25, 0.3) is 0 Å². The highest BCUT2D eigenvalue weighted by atomic mass is 79.9. The first-order valence-corrected chi connectivity index (χ1v) is 4.64. The highest BCUT2D eigenvalue weighted by Gasteiger charge is 2.13. The molecular formula is C8H9BrN3O+. The molecule has 13 heavy (non-hydrogen) atoms. The van der Waals surface area contributed by atoms with Crippen LogP contribution in [0.4, 0.5) is 0 Å². The zero-order valence-electron chi connectivity index (χ0n) is 7.08. The number of nitrogens with one attached hydrogen (secondary N) is 1. The monoisotopic (exact) mass is 242 g/mol. The Bertz CT molecular complexity index is 452. The molecule has 5 heteroatoms. The molecule has 2 N–H and O–H groups in total. The van der Waals surface area contributed by atoms with Crippen molar-refractivity contribution in [2.75, 3.05) is 0 Å². The number of fused-ring (bicyclic) bond motifs is 1. The molecule has 2 rings (SSSR count). The van der Waals surface area contributed by atoms with Crippen molar-refractivity contribution < 1.29 is 9.67 Å². The molecule has 0 amide bonds. The molecule has 68 valence electrons. The third kappa shape index (κ3) is 1.34. The van der Waals surface area contributed by atoms with Gasteiger partial charge < -0.3 is 5.11 Å². The van der Waals surface area contributed by atoms with Crippen LogP contribution in [0.3, 0.4) is 0 Å². The topological polar surface area (TPSA) is 52.8 Å². The van der Waals surface area contributed by atoms with Crippen LogP contribution in [0.1, 0.15) is 5.56 Å². The smallest absolute Gasteiger partial charge is 0.305 e. The largest absolute Gasteiger partial charge is 0.391 e. The minimum absolute atomic E-state index is 0.00343. The van der Waals surface area contributed by atoms with Crippen molar-refractivity contribution in [3.05, 3.63) is 22.6 Å². The first-order chi connectivity index (χ1) is 6.22. The van der Waals surface area contributed by atoms with Crippen LogP contribution >= 0.6 is 15.9 Å². The van der Waals surface area contributed by atoms with Gasteiger partial charge in [-0.2, -0.15) is 0 Å². The number of nitrogens with zero attached hydrogens (tertiary/aromatic N) is 2. The van der Waals surface area contributed by atoms with Gasteiger partial charge in [0, 0.05) is 0 Å². The van der Waals surface area contributed by atoms with Crippen LogP contribution < -0.4 is 4.57 Å². The standard InChI is InChI=1S/C8H8BrN3O/c1-12-3-6(9)11-7-5(4-13)2-10-8(7)12/h2-3,13H,4H2,1H3/p+1. The first kappa shape index (κ1) is 8.65. The quantitative estimate of drug-likeness (QED) is 0.722. The molecular weight excluding hydrogens is 234 g/mol.